The van der Waals surface area contributed by atoms with Crippen LogP contribution in [0.2, 0.25) is 10.0 Å². The van der Waals surface area contributed by atoms with E-state index in [-0.39, 0.29) is 11.3 Å². The number of nitrogens with zero attached hydrogens (tertiary/aromatic N) is 2. The Balaban J connectivity index is 1.53. The van der Waals surface area contributed by atoms with Gasteiger partial charge in [-0.15, -0.1) is 0 Å². The van der Waals surface area contributed by atoms with Gasteiger partial charge in [-0.2, -0.15) is 0 Å². The lowest BCUT2D eigenvalue weighted by Gasteiger charge is -2.13. The number of hydrogen-bond acceptors (Lipinski definition) is 4. The summed E-state index contributed by atoms with van der Waals surface area (Å²) in [6.45, 7) is 4.42. The molecule has 0 radical (unpaired) electrons. The van der Waals surface area contributed by atoms with Crippen LogP contribution in [0, 0.1) is 5.92 Å². The van der Waals surface area contributed by atoms with Crippen LogP contribution in [0.25, 0.3) is 28.1 Å². The highest BCUT2D eigenvalue weighted by molar-refractivity contribution is 7.92. The fraction of sp³-hybridized carbons (Fsp3) is 0.176. The van der Waals surface area contributed by atoms with E-state index in [1.165, 1.54) is 17.7 Å². The van der Waals surface area contributed by atoms with E-state index in [1.54, 1.807) is 35.0 Å². The first-order chi connectivity index (χ1) is 20.9. The second-order valence-electron chi connectivity index (χ2n) is 11.1. The van der Waals surface area contributed by atoms with E-state index in [9.17, 15) is 18.3 Å². The third-order valence-electron chi connectivity index (χ3n) is 7.04. The van der Waals surface area contributed by atoms with Crippen molar-refractivity contribution in [3.8, 4) is 28.1 Å². The number of imidazole rings is 1. The summed E-state index contributed by atoms with van der Waals surface area (Å²) in [6, 6.07) is 26.5. The van der Waals surface area contributed by atoms with Gasteiger partial charge >= 0.3 is 5.97 Å². The van der Waals surface area contributed by atoms with Crippen molar-refractivity contribution in [1.82, 2.24) is 9.55 Å². The van der Waals surface area contributed by atoms with E-state index < -0.39 is 16.0 Å². The molecule has 0 bridgehead atoms. The first kappa shape index (κ1) is 31.3. The Kier molecular flexibility index (Phi) is 9.15. The van der Waals surface area contributed by atoms with Crippen molar-refractivity contribution in [2.75, 3.05) is 11.0 Å². The number of carboxylic acids is 1. The van der Waals surface area contributed by atoms with Gasteiger partial charge in [0.15, 0.2) is 0 Å². The van der Waals surface area contributed by atoms with Crippen LogP contribution in [-0.2, 0) is 22.9 Å². The maximum Gasteiger partial charge on any atom is 0.337 e. The molecule has 44 heavy (non-hydrogen) atoms. The summed E-state index contributed by atoms with van der Waals surface area (Å²) in [5.41, 5.74) is 6.11. The average molecular weight is 649 g/mol. The molecule has 0 unspecified atom stereocenters. The Labute approximate surface area is 267 Å². The zero-order valence-electron chi connectivity index (χ0n) is 24.4. The number of aromatic carboxylic acids is 1. The van der Waals surface area contributed by atoms with Crippen LogP contribution in [0.5, 0.6) is 0 Å². The largest absolute Gasteiger partial charge is 0.478 e. The molecule has 0 aliphatic carbocycles. The van der Waals surface area contributed by atoms with Gasteiger partial charge in [-0.1, -0.05) is 85.6 Å². The predicted octanol–water partition coefficient (Wildman–Crippen LogP) is 8.37. The second-order valence-corrected chi connectivity index (χ2v) is 13.7. The lowest BCUT2D eigenvalue weighted by molar-refractivity contribution is 0.0698. The predicted molar refractivity (Wildman–Crippen MR) is 178 cm³/mol. The van der Waals surface area contributed by atoms with E-state index in [4.69, 9.17) is 28.2 Å². The van der Waals surface area contributed by atoms with Gasteiger partial charge in [-0.25, -0.2) is 18.2 Å². The van der Waals surface area contributed by atoms with Gasteiger partial charge in [-0.05, 0) is 71.0 Å². The maximum atomic E-state index is 12.0. The molecule has 0 aliphatic rings. The van der Waals surface area contributed by atoms with Crippen molar-refractivity contribution in [1.29, 1.82) is 0 Å². The molecule has 1 aromatic heterocycles. The zero-order valence-corrected chi connectivity index (χ0v) is 26.7. The normalized spacial score (nSPS) is 11.6. The van der Waals surface area contributed by atoms with Crippen LogP contribution >= 0.6 is 23.2 Å². The van der Waals surface area contributed by atoms with Crippen molar-refractivity contribution < 1.29 is 18.3 Å². The fourth-order valence-corrected chi connectivity index (χ4v) is 6.12. The number of benzene rings is 4. The molecule has 0 atom stereocenters. The molecule has 5 aromatic rings. The Bertz CT molecular complexity index is 1930. The van der Waals surface area contributed by atoms with Crippen molar-refractivity contribution in [3.05, 3.63) is 124 Å². The van der Waals surface area contributed by atoms with Gasteiger partial charge in [0.25, 0.3) is 0 Å². The average Bonchev–Trinajstić information content (AvgIpc) is 3.36. The Hall–Kier alpha value is -4.11. The molecule has 0 spiro atoms. The molecule has 10 heteroatoms. The third kappa shape index (κ3) is 7.50. The first-order valence-electron chi connectivity index (χ1n) is 13.9. The van der Waals surface area contributed by atoms with Gasteiger partial charge in [0.1, 0.15) is 5.82 Å². The van der Waals surface area contributed by atoms with E-state index >= 15 is 0 Å². The summed E-state index contributed by atoms with van der Waals surface area (Å²) in [4.78, 5) is 16.7. The molecule has 7 nitrogen and oxygen atoms in total. The van der Waals surface area contributed by atoms with E-state index in [0.29, 0.717) is 45.2 Å². The smallest absolute Gasteiger partial charge is 0.337 e. The highest BCUT2D eigenvalue weighted by atomic mass is 35.5. The van der Waals surface area contributed by atoms with Gasteiger partial charge in [0.05, 0.1) is 28.2 Å². The van der Waals surface area contributed by atoms with Crippen LogP contribution in [-0.4, -0.2) is 35.3 Å². The van der Waals surface area contributed by atoms with Crippen LogP contribution in [0.3, 0.4) is 0 Å². The molecule has 0 amide bonds. The molecule has 0 saturated heterocycles. The number of carbonyl (C=O) groups is 1. The Morgan fingerprint density at radius 2 is 1.55 bits per heavy atom. The summed E-state index contributed by atoms with van der Waals surface area (Å²) < 4.78 is 28.2. The molecule has 1 heterocycles. The molecule has 226 valence electrons. The monoisotopic (exact) mass is 647 g/mol. The zero-order chi connectivity index (χ0) is 31.6. The van der Waals surface area contributed by atoms with Gasteiger partial charge in [-0.3, -0.25) is 4.72 Å². The number of nitrogens with one attached hydrogen (secondary N) is 1. The third-order valence-corrected chi connectivity index (χ3v) is 8.18. The Morgan fingerprint density at radius 3 is 2.11 bits per heavy atom. The summed E-state index contributed by atoms with van der Waals surface area (Å²) in [5.74, 6) is -0.0106. The molecular formula is C34H31Cl2N3O4S. The van der Waals surface area contributed by atoms with Crippen LogP contribution in [0.15, 0.2) is 91.1 Å². The quantitative estimate of drug-likeness (QED) is 0.159. The molecular weight excluding hydrogens is 617 g/mol. The van der Waals surface area contributed by atoms with Gasteiger partial charge in [0.2, 0.25) is 10.0 Å². The summed E-state index contributed by atoms with van der Waals surface area (Å²) in [6.07, 6.45) is 4.24. The molecule has 2 N–H and O–H groups in total. The summed E-state index contributed by atoms with van der Waals surface area (Å²) in [5, 5.41) is 10.6. The Morgan fingerprint density at radius 1 is 0.909 bits per heavy atom. The number of halogens is 2. The minimum Gasteiger partial charge on any atom is -0.478 e. The minimum atomic E-state index is -3.74. The molecule has 5 rings (SSSR count). The van der Waals surface area contributed by atoms with Crippen molar-refractivity contribution >= 4 is 44.9 Å². The molecule has 4 aromatic carbocycles. The summed E-state index contributed by atoms with van der Waals surface area (Å²) in [7, 11) is -3.74. The second kappa shape index (κ2) is 12.9. The SMILES string of the molecule is CC(C)Cc1ccc(-c2ccc(Cc3nc(-c4ccc(Cl)cc4Cl)cn3-c3ccc(C(=O)O)c(NS(C)(=O)=O)c3)cc2)cc1. The van der Waals surface area contributed by atoms with Crippen molar-refractivity contribution in [2.45, 2.75) is 26.7 Å². The number of hydrogen-bond donors (Lipinski definition) is 2. The maximum absolute atomic E-state index is 12.0. The van der Waals surface area contributed by atoms with Crippen molar-refractivity contribution in [2.24, 2.45) is 5.92 Å². The first-order valence-corrected chi connectivity index (χ1v) is 16.6. The lowest BCUT2D eigenvalue weighted by atomic mass is 9.98. The minimum absolute atomic E-state index is 0.0491. The van der Waals surface area contributed by atoms with Gasteiger partial charge in [0, 0.05) is 28.9 Å². The highest BCUT2D eigenvalue weighted by Crippen LogP contribution is 2.32. The van der Waals surface area contributed by atoms with E-state index in [0.717, 1.165) is 29.4 Å². The van der Waals surface area contributed by atoms with Crippen molar-refractivity contribution in [3.63, 3.8) is 0 Å². The summed E-state index contributed by atoms with van der Waals surface area (Å²) >= 11 is 12.6. The van der Waals surface area contributed by atoms with Crippen LogP contribution < -0.4 is 4.72 Å². The van der Waals surface area contributed by atoms with Gasteiger partial charge < -0.3 is 9.67 Å². The molecule has 0 aliphatic heterocycles. The van der Waals surface area contributed by atoms with E-state index in [1.807, 2.05) is 0 Å². The molecule has 0 fully saturated rings. The van der Waals surface area contributed by atoms with Crippen LogP contribution in [0.1, 0.15) is 41.2 Å². The fourth-order valence-electron chi connectivity index (χ4n) is 5.05. The standard InChI is InChI=1S/C34H31Cl2N3O4S/c1-21(2)16-22-4-8-24(9-5-22)25-10-6-23(7-11-25)17-33-37-32(28-14-12-26(35)18-30(28)36)20-39(33)27-13-15-29(34(40)41)31(19-27)38-44(3,42)43/h4-15,18-21,38H,16-17H2,1-3H3,(H,40,41). The highest BCUT2D eigenvalue weighted by Gasteiger charge is 2.19. The van der Waals surface area contributed by atoms with Crippen LogP contribution in [0.4, 0.5) is 5.69 Å². The topological polar surface area (TPSA) is 101 Å². The number of aromatic nitrogens is 2. The number of rotatable bonds is 10. The lowest BCUT2D eigenvalue weighted by Crippen LogP contribution is -2.14. The number of carboxylic acid groups (broad SMARTS) is 1. The number of sulfonamides is 1. The van der Waals surface area contributed by atoms with E-state index in [2.05, 4.69) is 67.1 Å². The number of anilines is 1. The molecule has 0 saturated carbocycles.